The summed E-state index contributed by atoms with van der Waals surface area (Å²) < 4.78 is 1.33. The highest BCUT2D eigenvalue weighted by Crippen LogP contribution is 2.02. The maximum absolute atomic E-state index is 11.0. The first-order valence-electron chi connectivity index (χ1n) is 3.52. The maximum atomic E-state index is 11.0. The van der Waals surface area contributed by atoms with E-state index in [9.17, 15) is 9.59 Å². The third kappa shape index (κ3) is 2.59. The monoisotopic (exact) mass is 199 g/mol. The van der Waals surface area contributed by atoms with Gasteiger partial charge < -0.3 is 9.88 Å². The Morgan fingerprint density at radius 3 is 2.92 bits per heavy atom. The van der Waals surface area contributed by atoms with E-state index in [1.807, 2.05) is 0 Å². The van der Waals surface area contributed by atoms with Crippen molar-refractivity contribution in [1.29, 1.82) is 0 Å². The lowest BCUT2D eigenvalue weighted by atomic mass is 10.6. The van der Waals surface area contributed by atoms with E-state index in [0.717, 1.165) is 11.8 Å². The number of aromatic nitrogens is 2. The lowest BCUT2D eigenvalue weighted by Crippen LogP contribution is -2.21. The molecule has 0 bridgehead atoms. The van der Waals surface area contributed by atoms with Crippen LogP contribution in [0.3, 0.4) is 0 Å². The fraction of sp³-hybridized carbons (Fsp3) is 0.286. The molecule has 6 heteroatoms. The molecule has 70 valence electrons. The van der Waals surface area contributed by atoms with Crippen molar-refractivity contribution in [3.05, 3.63) is 22.7 Å². The zero-order valence-electron chi connectivity index (χ0n) is 7.27. The highest BCUT2D eigenvalue weighted by molar-refractivity contribution is 8.13. The van der Waals surface area contributed by atoms with E-state index in [2.05, 4.69) is 10.3 Å². The molecule has 0 fully saturated rings. The molecule has 0 aliphatic carbocycles. The van der Waals surface area contributed by atoms with Gasteiger partial charge in [0, 0.05) is 13.2 Å². The van der Waals surface area contributed by atoms with Crippen LogP contribution in [0.25, 0.3) is 0 Å². The van der Waals surface area contributed by atoms with E-state index in [-0.39, 0.29) is 16.7 Å². The Balaban J connectivity index is 2.86. The van der Waals surface area contributed by atoms with Crippen molar-refractivity contribution in [2.75, 3.05) is 11.6 Å². The summed E-state index contributed by atoms with van der Waals surface area (Å²) in [5.41, 5.74) is -0.390. The number of carbonyl (C=O) groups excluding carboxylic acids is 1. The predicted octanol–water partition coefficient (Wildman–Crippen LogP) is 0.675. The molecule has 1 aromatic rings. The van der Waals surface area contributed by atoms with Crippen molar-refractivity contribution in [2.45, 2.75) is 0 Å². The summed E-state index contributed by atoms with van der Waals surface area (Å²) in [6.45, 7) is 0. The number of thioether (sulfide) groups is 1. The van der Waals surface area contributed by atoms with Gasteiger partial charge in [-0.2, -0.15) is 4.98 Å². The van der Waals surface area contributed by atoms with Gasteiger partial charge in [-0.3, -0.25) is 4.79 Å². The van der Waals surface area contributed by atoms with Crippen LogP contribution in [0.2, 0.25) is 0 Å². The molecule has 0 saturated carbocycles. The van der Waals surface area contributed by atoms with Crippen LogP contribution in [0.1, 0.15) is 0 Å². The third-order valence-electron chi connectivity index (χ3n) is 1.39. The Hall–Kier alpha value is -1.30. The molecule has 1 amide bonds. The normalized spacial score (nSPS) is 9.69. The fourth-order valence-electron chi connectivity index (χ4n) is 0.691. The van der Waals surface area contributed by atoms with Gasteiger partial charge in [-0.25, -0.2) is 4.79 Å². The number of anilines is 1. The topological polar surface area (TPSA) is 64.0 Å². The summed E-state index contributed by atoms with van der Waals surface area (Å²) in [5.74, 6) is 0.280. The molecular formula is C7H9N3O2S. The van der Waals surface area contributed by atoms with Gasteiger partial charge >= 0.3 is 5.69 Å². The van der Waals surface area contributed by atoms with Gasteiger partial charge in [0.25, 0.3) is 5.24 Å². The van der Waals surface area contributed by atoms with Gasteiger partial charge in [0.05, 0.1) is 0 Å². The van der Waals surface area contributed by atoms with E-state index < -0.39 is 0 Å². The smallest absolute Gasteiger partial charge is 0.302 e. The molecule has 1 heterocycles. The van der Waals surface area contributed by atoms with Crippen LogP contribution in [0.15, 0.2) is 17.1 Å². The first kappa shape index (κ1) is 9.79. The minimum absolute atomic E-state index is 0.235. The maximum Gasteiger partial charge on any atom is 0.349 e. The third-order valence-corrected chi connectivity index (χ3v) is 1.86. The van der Waals surface area contributed by atoms with Crippen LogP contribution >= 0.6 is 11.8 Å². The second-order valence-electron chi connectivity index (χ2n) is 2.32. The Labute approximate surface area is 79.2 Å². The molecule has 0 spiro atoms. The largest absolute Gasteiger partial charge is 0.349 e. The highest BCUT2D eigenvalue weighted by Gasteiger charge is 2.01. The number of amides is 1. The van der Waals surface area contributed by atoms with E-state index in [0.29, 0.717) is 0 Å². The molecule has 0 aromatic carbocycles. The summed E-state index contributed by atoms with van der Waals surface area (Å²) in [5, 5.41) is 2.22. The molecule has 0 aliphatic heterocycles. The van der Waals surface area contributed by atoms with Crippen LogP contribution < -0.4 is 11.0 Å². The quantitative estimate of drug-likeness (QED) is 0.722. The van der Waals surface area contributed by atoms with Crippen molar-refractivity contribution >= 4 is 22.8 Å². The number of aryl methyl sites for hydroxylation is 1. The highest BCUT2D eigenvalue weighted by atomic mass is 32.2. The zero-order chi connectivity index (χ0) is 9.84. The Morgan fingerprint density at radius 1 is 1.69 bits per heavy atom. The number of nitrogens with one attached hydrogen (secondary N) is 1. The summed E-state index contributed by atoms with van der Waals surface area (Å²) in [6.07, 6.45) is 3.20. The Morgan fingerprint density at radius 2 is 2.38 bits per heavy atom. The lowest BCUT2D eigenvalue weighted by Gasteiger charge is -2.01. The molecule has 0 unspecified atom stereocenters. The van der Waals surface area contributed by atoms with Gasteiger partial charge in [0.1, 0.15) is 5.82 Å². The Kier molecular flexibility index (Phi) is 3.07. The van der Waals surface area contributed by atoms with Crippen molar-refractivity contribution in [3.8, 4) is 0 Å². The van der Waals surface area contributed by atoms with E-state index >= 15 is 0 Å². The second-order valence-corrected chi connectivity index (χ2v) is 3.10. The van der Waals surface area contributed by atoms with Gasteiger partial charge in [-0.1, -0.05) is 11.8 Å². The average Bonchev–Trinajstić information content (AvgIpc) is 2.11. The van der Waals surface area contributed by atoms with Gasteiger partial charge in [0.15, 0.2) is 0 Å². The summed E-state index contributed by atoms with van der Waals surface area (Å²) in [6, 6.07) is 1.56. The minimum atomic E-state index is -0.390. The van der Waals surface area contributed by atoms with Crippen LogP contribution in [-0.4, -0.2) is 21.0 Å². The molecule has 0 aliphatic rings. The summed E-state index contributed by atoms with van der Waals surface area (Å²) in [4.78, 5) is 25.5. The van der Waals surface area contributed by atoms with Crippen molar-refractivity contribution in [3.63, 3.8) is 0 Å². The number of hydrogen-bond acceptors (Lipinski definition) is 4. The molecule has 0 atom stereocenters. The molecule has 5 nitrogen and oxygen atoms in total. The van der Waals surface area contributed by atoms with Crippen LogP contribution in [0.4, 0.5) is 10.6 Å². The fourth-order valence-corrected chi connectivity index (χ4v) is 0.897. The Bertz CT molecular complexity index is 374. The first-order chi connectivity index (χ1) is 6.13. The van der Waals surface area contributed by atoms with Crippen LogP contribution in [-0.2, 0) is 7.05 Å². The second kappa shape index (κ2) is 4.08. The van der Waals surface area contributed by atoms with Crippen LogP contribution in [0, 0.1) is 0 Å². The molecule has 0 radical (unpaired) electrons. The van der Waals surface area contributed by atoms with Crippen LogP contribution in [0.5, 0.6) is 0 Å². The predicted molar refractivity (Wildman–Crippen MR) is 52.0 cm³/mol. The first-order valence-corrected chi connectivity index (χ1v) is 4.74. The summed E-state index contributed by atoms with van der Waals surface area (Å²) >= 11 is 1.03. The molecule has 1 aromatic heterocycles. The standard InChI is InChI=1S/C7H9N3O2S/c1-10-4-3-5(8-6(10)11)9-7(12)13-2/h3-4H,1-2H3,(H,8,9,11,12). The van der Waals surface area contributed by atoms with Crippen molar-refractivity contribution in [2.24, 2.45) is 7.05 Å². The molecule has 0 saturated heterocycles. The minimum Gasteiger partial charge on any atom is -0.302 e. The van der Waals surface area contributed by atoms with Gasteiger partial charge in [-0.05, 0) is 12.3 Å². The summed E-state index contributed by atoms with van der Waals surface area (Å²) in [7, 11) is 1.59. The number of carbonyl (C=O) groups is 1. The van der Waals surface area contributed by atoms with Crippen molar-refractivity contribution in [1.82, 2.24) is 9.55 Å². The number of nitrogens with zero attached hydrogens (tertiary/aromatic N) is 2. The van der Waals surface area contributed by atoms with Gasteiger partial charge in [0.2, 0.25) is 0 Å². The van der Waals surface area contributed by atoms with Crippen molar-refractivity contribution < 1.29 is 4.79 Å². The lowest BCUT2D eigenvalue weighted by molar-refractivity contribution is 0.269. The zero-order valence-corrected chi connectivity index (χ0v) is 8.09. The van der Waals surface area contributed by atoms with E-state index in [1.165, 1.54) is 4.57 Å². The number of hydrogen-bond donors (Lipinski definition) is 1. The molecule has 13 heavy (non-hydrogen) atoms. The average molecular weight is 199 g/mol. The molecule has 1 rings (SSSR count). The van der Waals surface area contributed by atoms with E-state index in [4.69, 9.17) is 0 Å². The van der Waals surface area contributed by atoms with Gasteiger partial charge in [-0.15, -0.1) is 0 Å². The molecular weight excluding hydrogens is 190 g/mol. The van der Waals surface area contributed by atoms with E-state index in [1.54, 1.807) is 25.6 Å². The number of rotatable bonds is 1. The molecule has 1 N–H and O–H groups in total. The SMILES string of the molecule is CSC(=O)Nc1ccn(C)c(=O)n1.